The second kappa shape index (κ2) is 54.2. The average molecular weight is 1140 g/mol. The number of aldehydes is 1. The molecule has 464 valence electrons. The van der Waals surface area contributed by atoms with Gasteiger partial charge >= 0.3 is 23.9 Å². The van der Waals surface area contributed by atoms with Gasteiger partial charge in [0.2, 0.25) is 17.7 Å². The van der Waals surface area contributed by atoms with E-state index in [2.05, 4.69) is 21.3 Å². The Labute approximate surface area is 473 Å². The summed E-state index contributed by atoms with van der Waals surface area (Å²) >= 11 is 0. The summed E-state index contributed by atoms with van der Waals surface area (Å²) in [4.78, 5) is 91.6. The molecule has 23 heteroatoms. The van der Waals surface area contributed by atoms with Crippen molar-refractivity contribution in [2.75, 3.05) is 86.1 Å². The van der Waals surface area contributed by atoms with E-state index in [1.165, 1.54) is 51.4 Å². The number of nitrogens with two attached hydrogens (primary N) is 3. The number of carboxylic acids is 2. The Balaban J connectivity index is -0.00000151. The quantitative estimate of drug-likeness (QED) is 0.0220. The summed E-state index contributed by atoms with van der Waals surface area (Å²) in [5, 5.41) is 28.1. The highest BCUT2D eigenvalue weighted by molar-refractivity contribution is 5.85. The van der Waals surface area contributed by atoms with E-state index in [-0.39, 0.29) is 49.7 Å². The average Bonchev–Trinajstić information content (AvgIpc) is 3.37. The molecule has 0 saturated heterocycles. The monoisotopic (exact) mass is 1140 g/mol. The highest BCUT2D eigenvalue weighted by Gasteiger charge is 2.27. The highest BCUT2D eigenvalue weighted by Crippen LogP contribution is 2.16. The molecule has 0 aromatic heterocycles. The number of carboxylic acid groups (broad SMARTS) is 2. The fourth-order valence-electron chi connectivity index (χ4n) is 7.02. The van der Waals surface area contributed by atoms with Crippen LogP contribution in [0.25, 0.3) is 0 Å². The van der Waals surface area contributed by atoms with Crippen molar-refractivity contribution in [1.82, 2.24) is 21.3 Å². The molecule has 3 atom stereocenters. The minimum atomic E-state index is -0.996. The molecule has 0 rings (SSSR count). The van der Waals surface area contributed by atoms with Crippen molar-refractivity contribution in [2.24, 2.45) is 17.2 Å². The Morgan fingerprint density at radius 2 is 0.949 bits per heavy atom. The van der Waals surface area contributed by atoms with Gasteiger partial charge in [-0.15, -0.1) is 0 Å². The zero-order chi connectivity index (χ0) is 60.0. The second-order valence-corrected chi connectivity index (χ2v) is 21.2. The number of carbonyl (C=O) groups excluding carboxylic acids is 6. The number of unbranched alkanes of at least 4 members (excludes halogenated alkanes) is 15. The minimum absolute atomic E-state index is 0.00400. The summed E-state index contributed by atoms with van der Waals surface area (Å²) in [6.45, 7) is 15.6. The molecule has 0 aliphatic rings. The molecule has 0 bridgehead atoms. The molecule has 0 heterocycles. The number of nitrogens with one attached hydrogen (secondary N) is 4. The van der Waals surface area contributed by atoms with Gasteiger partial charge in [0.05, 0.1) is 39.6 Å². The standard InChI is InChI=1S/C37H68N2O9.C13H27N3O5.C6H14N2O2/c1-36(2,3)47-34(43)22-20-18-16-14-12-10-8-7-9-11-13-15-17-19-21-33(42)39-31(35(44)48-37(4,5)6)23-24-32(41)38-25-27-45-29-30-46-28-26-40;1-15-6-7-20-8-9-21-10-12(17)16-5-3-2-4-11(14)13(18)19;7-4-2-1-3-5(8)6(9)10/h26,31H,7-25,27-30H2,1-6H3,(H,38,41)(H,39,42);11,15H,2-10,14H2,1H3,(H,16,17)(H,18,19);5H,1-4,7-8H2,(H,9,10)/t31-;11-;5-/m000/s1. The van der Waals surface area contributed by atoms with Gasteiger partial charge in [-0.05, 0) is 107 Å². The van der Waals surface area contributed by atoms with Crippen molar-refractivity contribution in [1.29, 1.82) is 0 Å². The lowest BCUT2D eigenvalue weighted by atomic mass is 10.0. The lowest BCUT2D eigenvalue weighted by Crippen LogP contribution is -2.44. The van der Waals surface area contributed by atoms with Crippen molar-refractivity contribution < 1.29 is 77.0 Å². The van der Waals surface area contributed by atoms with Crippen LogP contribution in [0.4, 0.5) is 0 Å². The minimum Gasteiger partial charge on any atom is -0.480 e. The third-order valence-corrected chi connectivity index (χ3v) is 11.2. The molecule has 0 aromatic rings. The van der Waals surface area contributed by atoms with Crippen molar-refractivity contribution in [2.45, 2.75) is 225 Å². The molecule has 79 heavy (non-hydrogen) atoms. The first-order valence-corrected chi connectivity index (χ1v) is 28.8. The van der Waals surface area contributed by atoms with Gasteiger partial charge in [0, 0.05) is 38.9 Å². The van der Waals surface area contributed by atoms with Gasteiger partial charge in [-0.1, -0.05) is 83.5 Å². The van der Waals surface area contributed by atoms with E-state index >= 15 is 0 Å². The van der Waals surface area contributed by atoms with Crippen LogP contribution in [-0.2, 0) is 66.8 Å². The van der Waals surface area contributed by atoms with E-state index in [1.807, 2.05) is 27.8 Å². The molecule has 0 saturated carbocycles. The molecule has 0 radical (unpaired) electrons. The largest absolute Gasteiger partial charge is 0.480 e. The lowest BCUT2D eigenvalue weighted by Gasteiger charge is -2.24. The Hall–Kier alpha value is -4.36. The summed E-state index contributed by atoms with van der Waals surface area (Å²) in [5.74, 6) is -3.21. The summed E-state index contributed by atoms with van der Waals surface area (Å²) < 4.78 is 31.5. The number of hydrogen-bond donors (Lipinski definition) is 9. The van der Waals surface area contributed by atoms with Crippen LogP contribution in [-0.4, -0.2) is 174 Å². The second-order valence-electron chi connectivity index (χ2n) is 21.2. The fourth-order valence-corrected chi connectivity index (χ4v) is 7.02. The normalized spacial score (nSPS) is 12.3. The predicted molar refractivity (Wildman–Crippen MR) is 304 cm³/mol. The molecule has 0 aliphatic carbocycles. The Kier molecular flexibility index (Phi) is 54.1. The van der Waals surface area contributed by atoms with Crippen LogP contribution in [0.5, 0.6) is 0 Å². The van der Waals surface area contributed by atoms with Crippen LogP contribution < -0.4 is 38.5 Å². The smallest absolute Gasteiger partial charge is 0.329 e. The van der Waals surface area contributed by atoms with Crippen molar-refractivity contribution in [3.05, 3.63) is 0 Å². The Morgan fingerprint density at radius 3 is 1.43 bits per heavy atom. The molecule has 0 aromatic carbocycles. The maximum Gasteiger partial charge on any atom is 0.329 e. The van der Waals surface area contributed by atoms with Gasteiger partial charge in [-0.25, -0.2) is 4.79 Å². The summed E-state index contributed by atoms with van der Waals surface area (Å²) in [6.07, 6.45) is 21.5. The van der Waals surface area contributed by atoms with Gasteiger partial charge in [0.1, 0.15) is 48.8 Å². The number of esters is 2. The summed E-state index contributed by atoms with van der Waals surface area (Å²) in [7, 11) is 1.85. The SMILES string of the molecule is CC(C)(C)OC(=O)CCCCCCCCCCCCCCCCC(=O)N[C@@H](CCC(=O)NCCOCCOCC=O)C(=O)OC(C)(C)C.CNCCOCCOCC(=O)NCCCC[C@H](N)C(=O)O.NCCCC[C@H](N)C(=O)O. The maximum atomic E-state index is 12.7. The molecular weight excluding hydrogens is 1030 g/mol. The van der Waals surface area contributed by atoms with E-state index in [0.29, 0.717) is 104 Å². The third kappa shape index (κ3) is 62.7. The van der Waals surface area contributed by atoms with E-state index in [4.69, 9.17) is 55.8 Å². The first kappa shape index (κ1) is 78.9. The van der Waals surface area contributed by atoms with Gasteiger partial charge < -0.3 is 81.9 Å². The van der Waals surface area contributed by atoms with Crippen LogP contribution in [0, 0.1) is 0 Å². The maximum absolute atomic E-state index is 12.7. The number of rotatable bonds is 49. The zero-order valence-electron chi connectivity index (χ0n) is 49.6. The van der Waals surface area contributed by atoms with Gasteiger partial charge in [-0.3, -0.25) is 28.8 Å². The van der Waals surface area contributed by atoms with Gasteiger partial charge in [0.25, 0.3) is 0 Å². The van der Waals surface area contributed by atoms with Crippen molar-refractivity contribution >= 4 is 47.9 Å². The van der Waals surface area contributed by atoms with Gasteiger partial charge in [0.15, 0.2) is 0 Å². The molecule has 3 amide bonds. The van der Waals surface area contributed by atoms with E-state index < -0.39 is 47.2 Å². The molecule has 0 aliphatic heterocycles. The van der Waals surface area contributed by atoms with Crippen LogP contribution in [0.15, 0.2) is 0 Å². The van der Waals surface area contributed by atoms with E-state index in [0.717, 1.165) is 57.9 Å². The molecule has 0 fully saturated rings. The van der Waals surface area contributed by atoms with Crippen molar-refractivity contribution in [3.63, 3.8) is 0 Å². The van der Waals surface area contributed by atoms with E-state index in [1.54, 1.807) is 20.8 Å². The van der Waals surface area contributed by atoms with Crippen molar-refractivity contribution in [3.8, 4) is 0 Å². The molecule has 23 nitrogen and oxygen atoms in total. The van der Waals surface area contributed by atoms with Gasteiger partial charge in [-0.2, -0.15) is 0 Å². The molecule has 12 N–H and O–H groups in total. The van der Waals surface area contributed by atoms with E-state index in [9.17, 15) is 38.4 Å². The fraction of sp³-hybridized carbons (Fsp3) is 0.857. The topological polar surface area (TPSA) is 359 Å². The zero-order valence-corrected chi connectivity index (χ0v) is 49.6. The number of hydrogen-bond acceptors (Lipinski definition) is 18. The predicted octanol–water partition coefficient (Wildman–Crippen LogP) is 4.99. The van der Waals surface area contributed by atoms with Crippen LogP contribution in [0.3, 0.4) is 0 Å². The Morgan fingerprint density at radius 1 is 0.494 bits per heavy atom. The number of carbonyl (C=O) groups is 8. The number of ether oxygens (including phenoxy) is 6. The third-order valence-electron chi connectivity index (χ3n) is 11.2. The lowest BCUT2D eigenvalue weighted by molar-refractivity contribution is -0.159. The Bertz CT molecular complexity index is 1560. The molecule has 0 spiro atoms. The number of amides is 3. The number of likely N-dealkylation sites (N-methyl/N-ethyl adjacent to an activating group) is 1. The first-order valence-electron chi connectivity index (χ1n) is 28.8. The van der Waals surface area contributed by atoms with Crippen LogP contribution in [0.1, 0.15) is 196 Å². The summed E-state index contributed by atoms with van der Waals surface area (Å²) in [6, 6.07) is -2.43. The molecule has 0 unspecified atom stereocenters. The first-order chi connectivity index (χ1) is 37.5. The number of aliphatic carboxylic acids is 2. The van der Waals surface area contributed by atoms with Crippen LogP contribution >= 0.6 is 0 Å². The highest BCUT2D eigenvalue weighted by atomic mass is 16.6. The molecular formula is C56H109N7O16. The summed E-state index contributed by atoms with van der Waals surface area (Å²) in [5.41, 5.74) is 14.7. The van der Waals surface area contributed by atoms with Crippen LogP contribution in [0.2, 0.25) is 0 Å².